The number of carbonyl (C=O) groups excluding carboxylic acids is 2. The molecule has 1 aromatic carbocycles. The fourth-order valence-corrected chi connectivity index (χ4v) is 3.14. The SMILES string of the molecule is CC(=O)NC[C@H]1CN(c2cc(F)c(-c3cnc(-n4cccc4)nc3)c(F)c2)C(=O)O1. The zero-order valence-electron chi connectivity index (χ0n) is 15.9. The maximum atomic E-state index is 14.8. The van der Waals surface area contributed by atoms with Crippen LogP contribution >= 0.6 is 0 Å². The second kappa shape index (κ2) is 7.90. The normalized spacial score (nSPS) is 15.9. The molecule has 1 N–H and O–H groups in total. The molecule has 2 amide bonds. The highest BCUT2D eigenvalue weighted by atomic mass is 19.1. The van der Waals surface area contributed by atoms with Crippen LogP contribution in [0.5, 0.6) is 0 Å². The van der Waals surface area contributed by atoms with Crippen LogP contribution in [0.4, 0.5) is 19.3 Å². The fourth-order valence-electron chi connectivity index (χ4n) is 3.14. The van der Waals surface area contributed by atoms with Crippen LogP contribution in [0.15, 0.2) is 49.1 Å². The van der Waals surface area contributed by atoms with Crippen LogP contribution in [0.3, 0.4) is 0 Å². The van der Waals surface area contributed by atoms with Gasteiger partial charge < -0.3 is 10.1 Å². The topological polar surface area (TPSA) is 89.4 Å². The van der Waals surface area contributed by atoms with E-state index in [1.165, 1.54) is 19.3 Å². The summed E-state index contributed by atoms with van der Waals surface area (Å²) >= 11 is 0. The molecule has 0 unspecified atom stereocenters. The number of nitrogens with one attached hydrogen (secondary N) is 1. The van der Waals surface area contributed by atoms with Crippen LogP contribution < -0.4 is 10.2 Å². The minimum Gasteiger partial charge on any atom is -0.442 e. The van der Waals surface area contributed by atoms with Crippen LogP contribution in [-0.4, -0.2) is 45.7 Å². The first-order valence-corrected chi connectivity index (χ1v) is 9.10. The smallest absolute Gasteiger partial charge is 0.414 e. The number of hydrogen-bond donors (Lipinski definition) is 1. The summed E-state index contributed by atoms with van der Waals surface area (Å²) in [5.41, 5.74) is -0.103. The summed E-state index contributed by atoms with van der Waals surface area (Å²) in [6, 6.07) is 5.72. The van der Waals surface area contributed by atoms with Crippen LogP contribution in [-0.2, 0) is 9.53 Å². The van der Waals surface area contributed by atoms with Crippen LogP contribution in [0, 0.1) is 11.6 Å². The Labute approximate surface area is 170 Å². The molecular formula is C20H17F2N5O3. The minimum atomic E-state index is -0.861. The Hall–Kier alpha value is -3.82. The number of aromatic nitrogens is 3. The van der Waals surface area contributed by atoms with E-state index in [-0.39, 0.29) is 35.8 Å². The van der Waals surface area contributed by atoms with E-state index in [1.807, 2.05) is 0 Å². The number of amides is 2. The molecule has 0 spiro atoms. The number of hydrogen-bond acceptors (Lipinski definition) is 5. The number of benzene rings is 1. The molecule has 2 aromatic heterocycles. The third kappa shape index (κ3) is 3.84. The second-order valence-electron chi connectivity index (χ2n) is 6.70. The van der Waals surface area contributed by atoms with E-state index >= 15 is 0 Å². The zero-order valence-corrected chi connectivity index (χ0v) is 15.9. The number of anilines is 1. The summed E-state index contributed by atoms with van der Waals surface area (Å²) in [5.74, 6) is -1.62. The van der Waals surface area contributed by atoms with Gasteiger partial charge in [0.05, 0.1) is 24.3 Å². The highest BCUT2D eigenvalue weighted by Gasteiger charge is 2.33. The number of halogens is 2. The van der Waals surface area contributed by atoms with E-state index in [9.17, 15) is 18.4 Å². The van der Waals surface area contributed by atoms with Gasteiger partial charge in [0.1, 0.15) is 17.7 Å². The van der Waals surface area contributed by atoms with E-state index in [1.54, 1.807) is 29.1 Å². The molecule has 1 atom stereocenters. The summed E-state index contributed by atoms with van der Waals surface area (Å²) in [5, 5.41) is 2.54. The highest BCUT2D eigenvalue weighted by molar-refractivity contribution is 5.90. The van der Waals surface area contributed by atoms with Gasteiger partial charge in [-0.15, -0.1) is 0 Å². The van der Waals surface area contributed by atoms with E-state index in [2.05, 4.69) is 15.3 Å². The van der Waals surface area contributed by atoms with Crippen molar-refractivity contribution in [2.24, 2.45) is 0 Å². The summed E-state index contributed by atoms with van der Waals surface area (Å²) in [7, 11) is 0. The van der Waals surface area contributed by atoms with Gasteiger partial charge in [-0.05, 0) is 24.3 Å². The predicted octanol–water partition coefficient (Wildman–Crippen LogP) is 2.67. The van der Waals surface area contributed by atoms with Crippen molar-refractivity contribution in [2.75, 3.05) is 18.0 Å². The van der Waals surface area contributed by atoms with Crippen LogP contribution in [0.25, 0.3) is 17.1 Å². The number of carbonyl (C=O) groups is 2. The van der Waals surface area contributed by atoms with Crippen molar-refractivity contribution >= 4 is 17.7 Å². The molecule has 3 aromatic rings. The molecule has 154 valence electrons. The molecule has 8 nitrogen and oxygen atoms in total. The van der Waals surface area contributed by atoms with Crippen molar-refractivity contribution in [3.63, 3.8) is 0 Å². The molecule has 3 heterocycles. The molecule has 4 rings (SSSR count). The van der Waals surface area contributed by atoms with Gasteiger partial charge in [0.2, 0.25) is 11.9 Å². The molecule has 0 radical (unpaired) electrons. The summed E-state index contributed by atoms with van der Waals surface area (Å²) < 4.78 is 36.3. The average molecular weight is 413 g/mol. The highest BCUT2D eigenvalue weighted by Crippen LogP contribution is 2.31. The molecule has 1 aliphatic heterocycles. The number of rotatable bonds is 5. The monoisotopic (exact) mass is 413 g/mol. The quantitative estimate of drug-likeness (QED) is 0.695. The third-order valence-electron chi connectivity index (χ3n) is 4.55. The maximum absolute atomic E-state index is 14.8. The molecule has 1 aliphatic rings. The Morgan fingerprint density at radius 2 is 1.83 bits per heavy atom. The molecule has 0 bridgehead atoms. The van der Waals surface area contributed by atoms with Crippen molar-refractivity contribution in [1.29, 1.82) is 0 Å². The first-order valence-electron chi connectivity index (χ1n) is 9.10. The summed E-state index contributed by atoms with van der Waals surface area (Å²) in [6.07, 6.45) is 4.81. The standard InChI is InChI=1S/C20H17F2N5O3/c1-12(28)23-10-15-11-27(20(29)30-15)14-6-16(21)18(17(22)7-14)13-8-24-19(25-9-13)26-4-2-3-5-26/h2-9,15H,10-11H2,1H3,(H,23,28)/t15-/m0/s1. The summed E-state index contributed by atoms with van der Waals surface area (Å²) in [6.45, 7) is 1.52. The minimum absolute atomic E-state index is 0.0222. The first-order chi connectivity index (χ1) is 14.4. The largest absolute Gasteiger partial charge is 0.442 e. The Morgan fingerprint density at radius 3 is 2.43 bits per heavy atom. The van der Waals surface area contributed by atoms with Gasteiger partial charge in [-0.1, -0.05) is 0 Å². The van der Waals surface area contributed by atoms with Gasteiger partial charge in [0.15, 0.2) is 0 Å². The van der Waals surface area contributed by atoms with Gasteiger partial charge in [-0.2, -0.15) is 0 Å². The molecule has 1 saturated heterocycles. The number of nitrogens with zero attached hydrogens (tertiary/aromatic N) is 4. The van der Waals surface area contributed by atoms with Crippen molar-refractivity contribution in [2.45, 2.75) is 13.0 Å². The Bertz CT molecular complexity index is 1060. The van der Waals surface area contributed by atoms with Gasteiger partial charge in [-0.25, -0.2) is 23.5 Å². The lowest BCUT2D eigenvalue weighted by atomic mass is 10.1. The second-order valence-corrected chi connectivity index (χ2v) is 6.70. The van der Waals surface area contributed by atoms with Crippen LogP contribution in [0.1, 0.15) is 6.92 Å². The van der Waals surface area contributed by atoms with E-state index < -0.39 is 23.8 Å². The number of ether oxygens (including phenoxy) is 1. The number of cyclic esters (lactones) is 1. The zero-order chi connectivity index (χ0) is 21.3. The van der Waals surface area contributed by atoms with Crippen molar-refractivity contribution in [1.82, 2.24) is 19.9 Å². The first kappa shape index (κ1) is 19.5. The Balaban J connectivity index is 1.57. The molecule has 0 saturated carbocycles. The molecule has 30 heavy (non-hydrogen) atoms. The Morgan fingerprint density at radius 1 is 1.20 bits per heavy atom. The summed E-state index contributed by atoms with van der Waals surface area (Å²) in [4.78, 5) is 32.5. The van der Waals surface area contributed by atoms with Crippen LogP contribution in [0.2, 0.25) is 0 Å². The fraction of sp³-hybridized carbons (Fsp3) is 0.200. The third-order valence-corrected chi connectivity index (χ3v) is 4.55. The maximum Gasteiger partial charge on any atom is 0.414 e. The van der Waals surface area contributed by atoms with E-state index in [0.29, 0.717) is 5.95 Å². The van der Waals surface area contributed by atoms with Gasteiger partial charge >= 0.3 is 6.09 Å². The van der Waals surface area contributed by atoms with E-state index in [4.69, 9.17) is 4.74 Å². The lowest BCUT2D eigenvalue weighted by Crippen LogP contribution is -2.33. The van der Waals surface area contributed by atoms with E-state index in [0.717, 1.165) is 17.0 Å². The molecule has 1 fully saturated rings. The molecule has 0 aliphatic carbocycles. The predicted molar refractivity (Wildman–Crippen MR) is 103 cm³/mol. The molecule has 10 heteroatoms. The lowest BCUT2D eigenvalue weighted by molar-refractivity contribution is -0.119. The lowest BCUT2D eigenvalue weighted by Gasteiger charge is -2.15. The van der Waals surface area contributed by atoms with Crippen molar-refractivity contribution < 1.29 is 23.1 Å². The van der Waals surface area contributed by atoms with Crippen molar-refractivity contribution in [3.8, 4) is 17.1 Å². The van der Waals surface area contributed by atoms with Crippen molar-refractivity contribution in [3.05, 3.63) is 60.7 Å². The van der Waals surface area contributed by atoms with Gasteiger partial charge in [-0.3, -0.25) is 14.3 Å². The van der Waals surface area contributed by atoms with Gasteiger partial charge in [0, 0.05) is 37.3 Å². The van der Waals surface area contributed by atoms with Gasteiger partial charge in [0.25, 0.3) is 0 Å². The molecular weight excluding hydrogens is 396 g/mol. The average Bonchev–Trinajstić information content (AvgIpc) is 3.36. The Kier molecular flexibility index (Phi) is 5.13.